The molecule has 0 bridgehead atoms. The highest BCUT2D eigenvalue weighted by molar-refractivity contribution is 5.95. The van der Waals surface area contributed by atoms with Gasteiger partial charge in [-0.15, -0.1) is 0 Å². The number of hydrogen-bond acceptors (Lipinski definition) is 7. The maximum absolute atomic E-state index is 12.2. The number of ether oxygens (including phenoxy) is 3. The number of aromatic nitrogens is 1. The second-order valence-electron chi connectivity index (χ2n) is 6.96. The van der Waals surface area contributed by atoms with Crippen molar-refractivity contribution in [1.82, 2.24) is 5.16 Å². The number of anilines is 1. The highest BCUT2D eigenvalue weighted by Crippen LogP contribution is 2.40. The minimum atomic E-state index is -1.04. The van der Waals surface area contributed by atoms with Crippen LogP contribution in [0.1, 0.15) is 18.4 Å². The second kappa shape index (κ2) is 9.86. The van der Waals surface area contributed by atoms with E-state index < -0.39 is 11.9 Å². The number of aliphatic carboxylic acids is 1. The number of nitrogens with zero attached hydrogens (tertiary/aromatic N) is 1. The number of carbonyl (C=O) groups is 2. The minimum Gasteiger partial charge on any atom is -0.495 e. The summed E-state index contributed by atoms with van der Waals surface area (Å²) in [4.78, 5) is 22.9. The standard InChI is InChI=1S/C23H24N2O7/c1-13-9-15(11-19(30-3)23(13)31-4)22-16(12-32-25-22)14-5-6-18(29-2)17(10-14)24-20(26)7-8-21(27)28/h5-6,9-12H,7-8H2,1-4H3,(H,24,26)(H,27,28). The predicted molar refractivity (Wildman–Crippen MR) is 117 cm³/mol. The Balaban J connectivity index is 1.99. The molecule has 9 nitrogen and oxygen atoms in total. The first-order valence-corrected chi connectivity index (χ1v) is 9.75. The first kappa shape index (κ1) is 22.7. The fourth-order valence-corrected chi connectivity index (χ4v) is 3.35. The van der Waals surface area contributed by atoms with Crippen LogP contribution < -0.4 is 19.5 Å². The lowest BCUT2D eigenvalue weighted by Crippen LogP contribution is -2.13. The quantitative estimate of drug-likeness (QED) is 0.509. The minimum absolute atomic E-state index is 0.147. The van der Waals surface area contributed by atoms with Crippen molar-refractivity contribution in [3.05, 3.63) is 42.2 Å². The van der Waals surface area contributed by atoms with Gasteiger partial charge in [0.15, 0.2) is 11.5 Å². The lowest BCUT2D eigenvalue weighted by Gasteiger charge is -2.13. The molecule has 3 aromatic rings. The van der Waals surface area contributed by atoms with Crippen LogP contribution in [-0.2, 0) is 9.59 Å². The van der Waals surface area contributed by atoms with Crippen molar-refractivity contribution in [2.24, 2.45) is 0 Å². The Kier molecular flexibility index (Phi) is 6.99. The van der Waals surface area contributed by atoms with Gasteiger partial charge in [0.25, 0.3) is 0 Å². The number of hydrogen-bond donors (Lipinski definition) is 2. The number of rotatable bonds is 9. The zero-order valence-electron chi connectivity index (χ0n) is 18.2. The van der Waals surface area contributed by atoms with Gasteiger partial charge in [-0.1, -0.05) is 11.2 Å². The molecule has 1 aromatic heterocycles. The summed E-state index contributed by atoms with van der Waals surface area (Å²) in [5, 5.41) is 15.7. The number of aryl methyl sites for hydroxylation is 1. The molecule has 1 heterocycles. The second-order valence-corrected chi connectivity index (χ2v) is 6.96. The van der Waals surface area contributed by atoms with Crippen molar-refractivity contribution in [2.75, 3.05) is 26.6 Å². The number of methoxy groups -OCH3 is 3. The van der Waals surface area contributed by atoms with Gasteiger partial charge in [-0.05, 0) is 42.3 Å². The lowest BCUT2D eigenvalue weighted by atomic mass is 9.99. The molecule has 0 aliphatic rings. The zero-order chi connectivity index (χ0) is 23.3. The summed E-state index contributed by atoms with van der Waals surface area (Å²) in [6.07, 6.45) is 1.10. The Bertz CT molecular complexity index is 1140. The van der Waals surface area contributed by atoms with Gasteiger partial charge in [0, 0.05) is 17.5 Å². The summed E-state index contributed by atoms with van der Waals surface area (Å²) >= 11 is 0. The summed E-state index contributed by atoms with van der Waals surface area (Å²) in [5.74, 6) is 0.177. The van der Waals surface area contributed by atoms with Gasteiger partial charge in [-0.3, -0.25) is 9.59 Å². The molecule has 2 aromatic carbocycles. The van der Waals surface area contributed by atoms with Crippen molar-refractivity contribution in [1.29, 1.82) is 0 Å². The fourth-order valence-electron chi connectivity index (χ4n) is 3.35. The first-order chi connectivity index (χ1) is 15.4. The molecule has 0 saturated carbocycles. The number of nitrogens with one attached hydrogen (secondary N) is 1. The summed E-state index contributed by atoms with van der Waals surface area (Å²) in [5.41, 5.74) is 4.06. The van der Waals surface area contributed by atoms with Crippen molar-refractivity contribution < 1.29 is 33.4 Å². The average molecular weight is 440 g/mol. The highest BCUT2D eigenvalue weighted by atomic mass is 16.5. The first-order valence-electron chi connectivity index (χ1n) is 9.75. The average Bonchev–Trinajstić information content (AvgIpc) is 3.27. The summed E-state index contributed by atoms with van der Waals surface area (Å²) in [7, 11) is 4.63. The van der Waals surface area contributed by atoms with Crippen LogP contribution >= 0.6 is 0 Å². The van der Waals surface area contributed by atoms with Crippen molar-refractivity contribution in [3.8, 4) is 39.6 Å². The Morgan fingerprint density at radius 2 is 1.75 bits per heavy atom. The molecule has 0 aliphatic heterocycles. The van der Waals surface area contributed by atoms with Crippen molar-refractivity contribution in [2.45, 2.75) is 19.8 Å². The molecule has 9 heteroatoms. The topological polar surface area (TPSA) is 120 Å². The van der Waals surface area contributed by atoms with E-state index in [0.717, 1.165) is 16.7 Å². The van der Waals surface area contributed by atoms with Gasteiger partial charge >= 0.3 is 5.97 Å². The molecule has 0 aliphatic carbocycles. The summed E-state index contributed by atoms with van der Waals surface area (Å²) in [6, 6.07) is 8.97. The van der Waals surface area contributed by atoms with E-state index in [1.54, 1.807) is 26.4 Å². The number of carboxylic acid groups (broad SMARTS) is 1. The van der Waals surface area contributed by atoms with E-state index in [2.05, 4.69) is 10.5 Å². The van der Waals surface area contributed by atoms with Gasteiger partial charge in [0.2, 0.25) is 5.91 Å². The molecule has 0 radical (unpaired) electrons. The zero-order valence-corrected chi connectivity index (χ0v) is 18.2. The molecule has 0 fully saturated rings. The molecule has 0 unspecified atom stereocenters. The molecule has 0 atom stereocenters. The van der Waals surface area contributed by atoms with Crippen molar-refractivity contribution in [3.63, 3.8) is 0 Å². The number of carboxylic acids is 1. The third-order valence-electron chi connectivity index (χ3n) is 4.86. The third kappa shape index (κ3) is 4.83. The van der Waals surface area contributed by atoms with Crippen LogP contribution in [0.3, 0.4) is 0 Å². The van der Waals surface area contributed by atoms with Gasteiger partial charge < -0.3 is 29.2 Å². The maximum atomic E-state index is 12.2. The van der Waals surface area contributed by atoms with E-state index >= 15 is 0 Å². The number of amides is 1. The number of carbonyl (C=O) groups excluding carboxylic acids is 1. The van der Waals surface area contributed by atoms with Crippen molar-refractivity contribution >= 4 is 17.6 Å². The smallest absolute Gasteiger partial charge is 0.303 e. The van der Waals surface area contributed by atoms with Crippen LogP contribution in [0.15, 0.2) is 41.1 Å². The molecule has 3 rings (SSSR count). The van der Waals surface area contributed by atoms with E-state index in [4.69, 9.17) is 23.8 Å². The van der Waals surface area contributed by atoms with Gasteiger partial charge in [-0.2, -0.15) is 0 Å². The molecule has 1 amide bonds. The van der Waals surface area contributed by atoms with E-state index in [0.29, 0.717) is 34.2 Å². The molecule has 2 N–H and O–H groups in total. The van der Waals surface area contributed by atoms with E-state index in [1.807, 2.05) is 25.1 Å². The van der Waals surface area contributed by atoms with Crippen LogP contribution in [0.25, 0.3) is 22.4 Å². The molecular weight excluding hydrogens is 416 g/mol. The van der Waals surface area contributed by atoms with Crippen LogP contribution in [0.2, 0.25) is 0 Å². The Hall–Kier alpha value is -4.01. The molecule has 168 valence electrons. The van der Waals surface area contributed by atoms with Crippen LogP contribution in [0.4, 0.5) is 5.69 Å². The fraction of sp³-hybridized carbons (Fsp3) is 0.261. The van der Waals surface area contributed by atoms with Crippen LogP contribution in [0, 0.1) is 6.92 Å². The molecular formula is C23H24N2O7. The van der Waals surface area contributed by atoms with E-state index in [1.165, 1.54) is 13.4 Å². The Morgan fingerprint density at radius 3 is 2.41 bits per heavy atom. The monoisotopic (exact) mass is 440 g/mol. The van der Waals surface area contributed by atoms with E-state index in [9.17, 15) is 9.59 Å². The van der Waals surface area contributed by atoms with E-state index in [-0.39, 0.29) is 12.8 Å². The normalized spacial score (nSPS) is 10.5. The Labute approximate surface area is 184 Å². The molecule has 32 heavy (non-hydrogen) atoms. The van der Waals surface area contributed by atoms with Crippen LogP contribution in [0.5, 0.6) is 17.2 Å². The largest absolute Gasteiger partial charge is 0.495 e. The maximum Gasteiger partial charge on any atom is 0.303 e. The SMILES string of the molecule is COc1ccc(-c2conc2-c2cc(C)c(OC)c(OC)c2)cc1NC(=O)CCC(=O)O. The summed E-state index contributed by atoms with van der Waals surface area (Å²) < 4.78 is 21.4. The predicted octanol–water partition coefficient (Wildman–Crippen LogP) is 4.15. The number of benzene rings is 2. The molecule has 0 spiro atoms. The van der Waals surface area contributed by atoms with Gasteiger partial charge in [-0.25, -0.2) is 0 Å². The Morgan fingerprint density at radius 1 is 1.00 bits per heavy atom. The van der Waals surface area contributed by atoms with Gasteiger partial charge in [0.1, 0.15) is 17.7 Å². The lowest BCUT2D eigenvalue weighted by molar-refractivity contribution is -0.138. The molecule has 0 saturated heterocycles. The summed E-state index contributed by atoms with van der Waals surface area (Å²) in [6.45, 7) is 1.91. The highest BCUT2D eigenvalue weighted by Gasteiger charge is 2.18. The third-order valence-corrected chi connectivity index (χ3v) is 4.86. The van der Waals surface area contributed by atoms with Gasteiger partial charge in [0.05, 0.1) is 33.4 Å². The van der Waals surface area contributed by atoms with Crippen LogP contribution in [-0.4, -0.2) is 43.5 Å².